The Morgan fingerprint density at radius 1 is 1.39 bits per heavy atom. The minimum Gasteiger partial charge on any atom is -0.496 e. The summed E-state index contributed by atoms with van der Waals surface area (Å²) in [6.07, 6.45) is 0.941. The molecule has 1 atom stereocenters. The number of ether oxygens (including phenoxy) is 1. The Kier molecular flexibility index (Phi) is 4.33. The predicted octanol–water partition coefficient (Wildman–Crippen LogP) is 3.13. The molecule has 1 heterocycles. The molecule has 0 amide bonds. The van der Waals surface area contributed by atoms with Gasteiger partial charge >= 0.3 is 0 Å². The highest BCUT2D eigenvalue weighted by Crippen LogP contribution is 2.28. The van der Waals surface area contributed by atoms with Crippen LogP contribution in [0, 0.1) is 6.92 Å². The zero-order valence-corrected chi connectivity index (χ0v) is 11.4. The number of nitrogens with zero attached hydrogens (tertiary/aromatic N) is 1. The van der Waals surface area contributed by atoms with Crippen molar-refractivity contribution in [2.24, 2.45) is 0 Å². The van der Waals surface area contributed by atoms with Gasteiger partial charge in [0.05, 0.1) is 18.2 Å². The van der Waals surface area contributed by atoms with Gasteiger partial charge in [0.25, 0.3) is 0 Å². The van der Waals surface area contributed by atoms with Gasteiger partial charge in [-0.2, -0.15) is 0 Å². The predicted molar refractivity (Wildman–Crippen MR) is 73.1 cm³/mol. The van der Waals surface area contributed by atoms with E-state index in [2.05, 4.69) is 4.98 Å². The second kappa shape index (κ2) is 5.98. The van der Waals surface area contributed by atoms with Crippen LogP contribution in [0.25, 0.3) is 0 Å². The second-order valence-corrected chi connectivity index (χ2v) is 5.12. The van der Waals surface area contributed by atoms with Crippen molar-refractivity contribution in [1.29, 1.82) is 0 Å². The lowest BCUT2D eigenvalue weighted by atomic mass is 10.0. The fraction of sp³-hybridized carbons (Fsp3) is 0.357. The van der Waals surface area contributed by atoms with Crippen LogP contribution in [-0.2, 0) is 6.42 Å². The Labute approximate surface area is 111 Å². The molecule has 2 aromatic rings. The molecular formula is C14H17NO2S. The molecule has 0 bridgehead atoms. The van der Waals surface area contributed by atoms with E-state index in [4.69, 9.17) is 4.74 Å². The van der Waals surface area contributed by atoms with E-state index in [0.29, 0.717) is 6.42 Å². The van der Waals surface area contributed by atoms with Crippen molar-refractivity contribution >= 4 is 11.3 Å². The standard InChI is InChI=1S/C14H17NO2S/c1-10-9-18-14(15-10)8-7-12(16)11-5-3-4-6-13(11)17-2/h3-6,9,12,16H,7-8H2,1-2H3. The average Bonchev–Trinajstić information content (AvgIpc) is 2.81. The lowest BCUT2D eigenvalue weighted by Crippen LogP contribution is -2.02. The van der Waals surface area contributed by atoms with Gasteiger partial charge in [-0.25, -0.2) is 4.98 Å². The van der Waals surface area contributed by atoms with E-state index in [9.17, 15) is 5.11 Å². The smallest absolute Gasteiger partial charge is 0.124 e. The summed E-state index contributed by atoms with van der Waals surface area (Å²) in [6, 6.07) is 7.58. The normalized spacial score (nSPS) is 12.4. The number of rotatable bonds is 5. The number of methoxy groups -OCH3 is 1. The minimum absolute atomic E-state index is 0.509. The van der Waals surface area contributed by atoms with Gasteiger partial charge in [-0.05, 0) is 19.4 Å². The van der Waals surface area contributed by atoms with Crippen LogP contribution in [-0.4, -0.2) is 17.2 Å². The molecule has 0 aliphatic carbocycles. The molecule has 1 aromatic carbocycles. The number of thiazole rings is 1. The zero-order chi connectivity index (χ0) is 13.0. The van der Waals surface area contributed by atoms with Gasteiger partial charge < -0.3 is 9.84 Å². The molecule has 96 valence electrons. The number of hydrogen-bond acceptors (Lipinski definition) is 4. The first kappa shape index (κ1) is 13.1. The summed E-state index contributed by atoms with van der Waals surface area (Å²) in [5.74, 6) is 0.736. The maximum Gasteiger partial charge on any atom is 0.124 e. The third-order valence-electron chi connectivity index (χ3n) is 2.80. The molecular weight excluding hydrogens is 246 g/mol. The van der Waals surface area contributed by atoms with E-state index in [-0.39, 0.29) is 0 Å². The number of benzene rings is 1. The van der Waals surface area contributed by atoms with Crippen molar-refractivity contribution in [3.8, 4) is 5.75 Å². The number of aryl methyl sites for hydroxylation is 2. The van der Waals surface area contributed by atoms with Gasteiger partial charge in [-0.1, -0.05) is 18.2 Å². The molecule has 0 radical (unpaired) electrons. The number of aliphatic hydroxyl groups is 1. The quantitative estimate of drug-likeness (QED) is 0.901. The molecule has 1 aromatic heterocycles. The Hall–Kier alpha value is -1.39. The molecule has 1 N–H and O–H groups in total. The van der Waals surface area contributed by atoms with Gasteiger partial charge in [-0.15, -0.1) is 11.3 Å². The van der Waals surface area contributed by atoms with Crippen LogP contribution in [0.3, 0.4) is 0 Å². The van der Waals surface area contributed by atoms with Crippen molar-refractivity contribution < 1.29 is 9.84 Å². The van der Waals surface area contributed by atoms with E-state index in [1.807, 2.05) is 36.6 Å². The molecule has 4 heteroatoms. The topological polar surface area (TPSA) is 42.4 Å². The molecule has 0 saturated carbocycles. The fourth-order valence-corrected chi connectivity index (χ4v) is 2.67. The van der Waals surface area contributed by atoms with E-state index in [0.717, 1.165) is 28.4 Å². The van der Waals surface area contributed by atoms with Gasteiger partial charge in [0.15, 0.2) is 0 Å². The van der Waals surface area contributed by atoms with Gasteiger partial charge in [0, 0.05) is 23.1 Å². The SMILES string of the molecule is COc1ccccc1C(O)CCc1nc(C)cs1. The molecule has 3 nitrogen and oxygen atoms in total. The molecule has 1 unspecified atom stereocenters. The van der Waals surface area contributed by atoms with Crippen molar-refractivity contribution in [2.75, 3.05) is 7.11 Å². The van der Waals surface area contributed by atoms with Crippen LogP contribution in [0.1, 0.15) is 28.8 Å². The number of hydrogen-bond donors (Lipinski definition) is 1. The van der Waals surface area contributed by atoms with Crippen molar-refractivity contribution in [3.63, 3.8) is 0 Å². The van der Waals surface area contributed by atoms with Crippen molar-refractivity contribution in [3.05, 3.63) is 45.9 Å². The Bertz CT molecular complexity index is 510. The summed E-state index contributed by atoms with van der Waals surface area (Å²) in [4.78, 5) is 4.40. The summed E-state index contributed by atoms with van der Waals surface area (Å²) < 4.78 is 5.25. The van der Waals surface area contributed by atoms with Crippen LogP contribution < -0.4 is 4.74 Å². The fourth-order valence-electron chi connectivity index (χ4n) is 1.87. The van der Waals surface area contributed by atoms with E-state index in [1.54, 1.807) is 18.4 Å². The first-order chi connectivity index (χ1) is 8.70. The third kappa shape index (κ3) is 3.09. The molecule has 0 saturated heterocycles. The minimum atomic E-state index is -0.509. The van der Waals surface area contributed by atoms with Crippen LogP contribution in [0.2, 0.25) is 0 Å². The summed E-state index contributed by atoms with van der Waals surface area (Å²) in [5.41, 5.74) is 1.88. The summed E-state index contributed by atoms with van der Waals surface area (Å²) in [5, 5.41) is 13.3. The van der Waals surface area contributed by atoms with E-state index >= 15 is 0 Å². The van der Waals surface area contributed by atoms with Gasteiger partial charge in [-0.3, -0.25) is 0 Å². The lowest BCUT2D eigenvalue weighted by Gasteiger charge is -2.13. The van der Waals surface area contributed by atoms with Crippen LogP contribution in [0.4, 0.5) is 0 Å². The number of aliphatic hydroxyl groups excluding tert-OH is 1. The molecule has 18 heavy (non-hydrogen) atoms. The van der Waals surface area contributed by atoms with E-state index in [1.165, 1.54) is 0 Å². The van der Waals surface area contributed by atoms with Crippen LogP contribution in [0.5, 0.6) is 5.75 Å². The Morgan fingerprint density at radius 2 is 2.17 bits per heavy atom. The first-order valence-corrected chi connectivity index (χ1v) is 6.80. The molecule has 0 fully saturated rings. The highest BCUT2D eigenvalue weighted by atomic mass is 32.1. The molecule has 0 aliphatic heterocycles. The van der Waals surface area contributed by atoms with Crippen LogP contribution >= 0.6 is 11.3 Å². The summed E-state index contributed by atoms with van der Waals surface area (Å²) in [7, 11) is 1.62. The number of para-hydroxylation sites is 1. The lowest BCUT2D eigenvalue weighted by molar-refractivity contribution is 0.163. The van der Waals surface area contributed by atoms with Gasteiger partial charge in [0.2, 0.25) is 0 Å². The highest BCUT2D eigenvalue weighted by molar-refractivity contribution is 7.09. The first-order valence-electron chi connectivity index (χ1n) is 5.92. The largest absolute Gasteiger partial charge is 0.496 e. The van der Waals surface area contributed by atoms with E-state index < -0.39 is 6.10 Å². The van der Waals surface area contributed by atoms with Crippen molar-refractivity contribution in [1.82, 2.24) is 4.98 Å². The molecule has 0 spiro atoms. The molecule has 0 aliphatic rings. The van der Waals surface area contributed by atoms with Crippen LogP contribution in [0.15, 0.2) is 29.6 Å². The Morgan fingerprint density at radius 3 is 2.83 bits per heavy atom. The second-order valence-electron chi connectivity index (χ2n) is 4.18. The molecule has 2 rings (SSSR count). The van der Waals surface area contributed by atoms with Gasteiger partial charge in [0.1, 0.15) is 5.75 Å². The maximum absolute atomic E-state index is 10.2. The third-order valence-corrected chi connectivity index (χ3v) is 3.82. The summed E-state index contributed by atoms with van der Waals surface area (Å²) >= 11 is 1.64. The monoisotopic (exact) mass is 263 g/mol. The highest BCUT2D eigenvalue weighted by Gasteiger charge is 2.13. The van der Waals surface area contributed by atoms with Crippen molar-refractivity contribution in [2.45, 2.75) is 25.9 Å². The number of aromatic nitrogens is 1. The summed E-state index contributed by atoms with van der Waals surface area (Å²) in [6.45, 7) is 1.98. The zero-order valence-electron chi connectivity index (χ0n) is 10.6. The Balaban J connectivity index is 2.01. The maximum atomic E-state index is 10.2. The average molecular weight is 263 g/mol.